The molecular weight excluding hydrogens is 493 g/mol. The number of rotatable bonds is 6. The van der Waals surface area contributed by atoms with E-state index in [-0.39, 0.29) is 27.8 Å². The van der Waals surface area contributed by atoms with Crippen LogP contribution in [0.4, 0.5) is 10.1 Å². The molecule has 2 aromatic heterocycles. The summed E-state index contributed by atoms with van der Waals surface area (Å²) < 4.78 is 19.0. The van der Waals surface area contributed by atoms with Crippen molar-refractivity contribution in [3.8, 4) is 11.4 Å². The zero-order chi connectivity index (χ0) is 26.1. The van der Waals surface area contributed by atoms with Crippen molar-refractivity contribution in [2.75, 3.05) is 11.1 Å². The number of benzene rings is 3. The smallest absolute Gasteiger partial charge is 0.295 e. The van der Waals surface area contributed by atoms with Crippen LogP contribution in [0.1, 0.15) is 5.69 Å². The Morgan fingerprint density at radius 3 is 2.38 bits per heavy atom. The number of fused-ring (bicyclic) bond motifs is 1. The van der Waals surface area contributed by atoms with E-state index in [1.807, 2.05) is 18.2 Å². The Balaban J connectivity index is 1.46. The molecule has 0 aliphatic carbocycles. The largest absolute Gasteiger partial charge is 0.319 e. The molecule has 0 unspecified atom stereocenters. The SMILES string of the molecule is Cc1c(NC(=O)CSc2nc3ccccc3c(=O)n2-c2ccccc2F)c(=O)n(-c2ccccc2)n1C. The molecule has 0 spiro atoms. The van der Waals surface area contributed by atoms with Crippen molar-refractivity contribution in [2.24, 2.45) is 7.05 Å². The molecule has 10 heteroatoms. The molecule has 0 fully saturated rings. The summed E-state index contributed by atoms with van der Waals surface area (Å²) in [5, 5.41) is 3.20. The first-order chi connectivity index (χ1) is 17.9. The van der Waals surface area contributed by atoms with E-state index in [0.717, 1.165) is 11.8 Å². The highest BCUT2D eigenvalue weighted by atomic mass is 32.2. The van der Waals surface area contributed by atoms with Gasteiger partial charge in [0.2, 0.25) is 5.91 Å². The molecule has 186 valence electrons. The number of anilines is 1. The van der Waals surface area contributed by atoms with E-state index in [4.69, 9.17) is 0 Å². The van der Waals surface area contributed by atoms with Crippen molar-refractivity contribution in [1.29, 1.82) is 0 Å². The third-order valence-corrected chi connectivity index (χ3v) is 6.93. The summed E-state index contributed by atoms with van der Waals surface area (Å²) in [6, 6.07) is 21.8. The molecule has 5 aromatic rings. The van der Waals surface area contributed by atoms with Gasteiger partial charge in [0, 0.05) is 7.05 Å². The van der Waals surface area contributed by atoms with Gasteiger partial charge in [-0.05, 0) is 43.3 Å². The minimum absolute atomic E-state index is 0.0401. The molecule has 0 saturated heterocycles. The normalized spacial score (nSPS) is 11.1. The second-order valence-corrected chi connectivity index (χ2v) is 9.22. The van der Waals surface area contributed by atoms with Crippen LogP contribution in [0.5, 0.6) is 0 Å². The lowest BCUT2D eigenvalue weighted by molar-refractivity contribution is -0.113. The number of hydrogen-bond acceptors (Lipinski definition) is 5. The van der Waals surface area contributed by atoms with E-state index in [1.165, 1.54) is 27.4 Å². The van der Waals surface area contributed by atoms with Gasteiger partial charge in [0.1, 0.15) is 11.5 Å². The van der Waals surface area contributed by atoms with E-state index in [2.05, 4.69) is 10.3 Å². The summed E-state index contributed by atoms with van der Waals surface area (Å²) >= 11 is 0.984. The Bertz CT molecular complexity index is 1760. The fraction of sp³-hybridized carbons (Fsp3) is 0.111. The number of amides is 1. The maximum absolute atomic E-state index is 14.7. The molecular formula is C27H22FN5O3S. The van der Waals surface area contributed by atoms with Crippen LogP contribution in [0.15, 0.2) is 93.6 Å². The van der Waals surface area contributed by atoms with Crippen LogP contribution >= 0.6 is 11.8 Å². The van der Waals surface area contributed by atoms with Gasteiger partial charge in [0.25, 0.3) is 11.1 Å². The highest BCUT2D eigenvalue weighted by Gasteiger charge is 2.20. The maximum atomic E-state index is 14.7. The summed E-state index contributed by atoms with van der Waals surface area (Å²) in [6.45, 7) is 1.74. The number of nitrogens with one attached hydrogen (secondary N) is 1. The molecule has 0 bridgehead atoms. The number of aromatic nitrogens is 4. The van der Waals surface area contributed by atoms with Crippen molar-refractivity contribution in [3.05, 3.63) is 111 Å². The van der Waals surface area contributed by atoms with E-state index >= 15 is 0 Å². The highest BCUT2D eigenvalue weighted by Crippen LogP contribution is 2.23. The molecule has 0 aliphatic rings. The third kappa shape index (κ3) is 4.47. The van der Waals surface area contributed by atoms with Crippen LogP contribution in [0.2, 0.25) is 0 Å². The van der Waals surface area contributed by atoms with Crippen molar-refractivity contribution in [2.45, 2.75) is 12.1 Å². The fourth-order valence-corrected chi connectivity index (χ4v) is 4.88. The Morgan fingerprint density at radius 2 is 1.62 bits per heavy atom. The number of carbonyl (C=O) groups is 1. The van der Waals surface area contributed by atoms with E-state index in [0.29, 0.717) is 22.3 Å². The minimum atomic E-state index is -0.589. The van der Waals surface area contributed by atoms with Crippen LogP contribution in [0, 0.1) is 12.7 Å². The Kier molecular flexibility index (Phi) is 6.49. The summed E-state index contributed by atoms with van der Waals surface area (Å²) in [5.41, 5.74) is 1.09. The predicted octanol–water partition coefficient (Wildman–Crippen LogP) is 4.05. The van der Waals surface area contributed by atoms with E-state index in [9.17, 15) is 18.8 Å². The van der Waals surface area contributed by atoms with Crippen molar-refractivity contribution >= 4 is 34.3 Å². The molecule has 5 rings (SSSR count). The number of hydrogen-bond donors (Lipinski definition) is 1. The molecule has 3 aromatic carbocycles. The zero-order valence-electron chi connectivity index (χ0n) is 20.0. The number of carbonyl (C=O) groups excluding carboxylic acids is 1. The van der Waals surface area contributed by atoms with Gasteiger partial charge in [0.15, 0.2) is 5.16 Å². The second kappa shape index (κ2) is 9.90. The summed E-state index contributed by atoms with van der Waals surface area (Å²) in [7, 11) is 1.74. The Hall–Kier alpha value is -4.44. The molecule has 0 atom stereocenters. The molecule has 1 amide bonds. The molecule has 37 heavy (non-hydrogen) atoms. The standard InChI is InChI=1S/C27H22FN5O3S/c1-17-24(26(36)33(31(17)2)18-10-4-3-5-11-18)30-23(34)16-37-27-29-21-14-8-6-12-19(21)25(35)32(27)22-15-9-7-13-20(22)28/h3-15H,16H2,1-2H3,(H,30,34). The quantitative estimate of drug-likeness (QED) is 0.272. The van der Waals surface area contributed by atoms with Gasteiger partial charge in [-0.15, -0.1) is 0 Å². The number of nitrogens with zero attached hydrogens (tertiary/aromatic N) is 4. The Labute approximate surface area is 215 Å². The summed E-state index contributed by atoms with van der Waals surface area (Å²) in [5.74, 6) is -1.20. The van der Waals surface area contributed by atoms with Gasteiger partial charge < -0.3 is 5.32 Å². The van der Waals surface area contributed by atoms with Gasteiger partial charge in [-0.1, -0.05) is 54.2 Å². The van der Waals surface area contributed by atoms with Gasteiger partial charge in [-0.3, -0.25) is 23.6 Å². The molecule has 0 radical (unpaired) electrons. The number of thioether (sulfide) groups is 1. The second-order valence-electron chi connectivity index (χ2n) is 8.28. The van der Waals surface area contributed by atoms with Crippen molar-refractivity contribution in [1.82, 2.24) is 18.9 Å². The lowest BCUT2D eigenvalue weighted by Crippen LogP contribution is -2.25. The molecule has 0 saturated carbocycles. The number of halogens is 1. The predicted molar refractivity (Wildman–Crippen MR) is 142 cm³/mol. The first-order valence-corrected chi connectivity index (χ1v) is 12.4. The average molecular weight is 516 g/mol. The average Bonchev–Trinajstić information content (AvgIpc) is 3.11. The zero-order valence-corrected chi connectivity index (χ0v) is 20.8. The molecule has 0 aliphatic heterocycles. The highest BCUT2D eigenvalue weighted by molar-refractivity contribution is 7.99. The summed E-state index contributed by atoms with van der Waals surface area (Å²) in [4.78, 5) is 43.9. The van der Waals surface area contributed by atoms with Gasteiger partial charge in [0.05, 0.1) is 33.7 Å². The van der Waals surface area contributed by atoms with E-state index in [1.54, 1.807) is 61.1 Å². The van der Waals surface area contributed by atoms with Crippen LogP contribution < -0.4 is 16.4 Å². The van der Waals surface area contributed by atoms with Crippen LogP contribution in [0.25, 0.3) is 22.3 Å². The Morgan fingerprint density at radius 1 is 0.946 bits per heavy atom. The fourth-order valence-electron chi connectivity index (χ4n) is 4.07. The number of para-hydroxylation sites is 3. The van der Waals surface area contributed by atoms with Crippen molar-refractivity contribution in [3.63, 3.8) is 0 Å². The first kappa shape index (κ1) is 24.3. The topological polar surface area (TPSA) is 90.9 Å². The molecule has 8 nitrogen and oxygen atoms in total. The van der Waals surface area contributed by atoms with E-state index < -0.39 is 17.3 Å². The molecule has 1 N–H and O–H groups in total. The van der Waals surface area contributed by atoms with Gasteiger partial charge in [-0.25, -0.2) is 14.1 Å². The van der Waals surface area contributed by atoms with Crippen LogP contribution in [-0.2, 0) is 11.8 Å². The lowest BCUT2D eigenvalue weighted by Gasteiger charge is -2.13. The van der Waals surface area contributed by atoms with Gasteiger partial charge in [-0.2, -0.15) is 0 Å². The maximum Gasteiger partial charge on any atom is 0.295 e. The van der Waals surface area contributed by atoms with Crippen LogP contribution in [0.3, 0.4) is 0 Å². The third-order valence-electron chi connectivity index (χ3n) is 5.99. The summed E-state index contributed by atoms with van der Waals surface area (Å²) in [6.07, 6.45) is 0. The minimum Gasteiger partial charge on any atom is -0.319 e. The van der Waals surface area contributed by atoms with Crippen LogP contribution in [-0.4, -0.2) is 30.6 Å². The molecule has 2 heterocycles. The first-order valence-electron chi connectivity index (χ1n) is 11.4. The van der Waals surface area contributed by atoms with Crippen molar-refractivity contribution < 1.29 is 9.18 Å². The monoisotopic (exact) mass is 515 g/mol. The van der Waals surface area contributed by atoms with Gasteiger partial charge >= 0.3 is 0 Å². The lowest BCUT2D eigenvalue weighted by atomic mass is 10.2.